The first-order valence-corrected chi connectivity index (χ1v) is 9.20. The monoisotopic (exact) mass is 370 g/mol. The molecule has 0 unspecified atom stereocenters. The molecule has 0 bridgehead atoms. The van der Waals surface area contributed by atoms with Crippen LogP contribution in [-0.2, 0) is 28.5 Å². The second kappa shape index (κ2) is 17.0. The Kier molecular flexibility index (Phi) is 16.0. The predicted molar refractivity (Wildman–Crippen MR) is 102 cm³/mol. The van der Waals surface area contributed by atoms with Gasteiger partial charge in [-0.3, -0.25) is 0 Å². The molecule has 0 aromatic heterocycles. The van der Waals surface area contributed by atoms with Crippen LogP contribution in [0, 0.1) is 0 Å². The van der Waals surface area contributed by atoms with Gasteiger partial charge < -0.3 is 23.7 Å². The van der Waals surface area contributed by atoms with Gasteiger partial charge in [0, 0.05) is 39.3 Å². The first-order valence-electron chi connectivity index (χ1n) is 9.20. The summed E-state index contributed by atoms with van der Waals surface area (Å²) < 4.78 is 26.7. The fraction of sp³-hybridized carbons (Fsp3) is 0.650. The van der Waals surface area contributed by atoms with Gasteiger partial charge in [0.05, 0.1) is 12.7 Å². The Morgan fingerprint density at radius 3 is 1.69 bits per heavy atom. The van der Waals surface area contributed by atoms with Crippen molar-refractivity contribution in [3.05, 3.63) is 36.0 Å². The predicted octanol–water partition coefficient (Wildman–Crippen LogP) is 3.78. The van der Waals surface area contributed by atoms with Gasteiger partial charge in [-0.15, -0.1) is 0 Å². The van der Waals surface area contributed by atoms with Gasteiger partial charge in [0.2, 0.25) is 0 Å². The summed E-state index contributed by atoms with van der Waals surface area (Å²) in [5, 5.41) is 0. The molecule has 0 rings (SSSR count). The number of hydrogen-bond donors (Lipinski definition) is 0. The Morgan fingerprint density at radius 1 is 0.808 bits per heavy atom. The van der Waals surface area contributed by atoms with Crippen molar-refractivity contribution in [1.29, 1.82) is 0 Å². The lowest BCUT2D eigenvalue weighted by molar-refractivity contribution is -0.136. The zero-order chi connectivity index (χ0) is 19.6. The van der Waals surface area contributed by atoms with E-state index in [2.05, 4.69) is 0 Å². The molecule has 0 aliphatic carbocycles. The van der Waals surface area contributed by atoms with E-state index in [0.29, 0.717) is 44.8 Å². The highest BCUT2D eigenvalue weighted by Crippen LogP contribution is 2.08. The van der Waals surface area contributed by atoms with Gasteiger partial charge in [-0.2, -0.15) is 0 Å². The summed E-state index contributed by atoms with van der Waals surface area (Å²) in [6, 6.07) is 0. The third-order valence-electron chi connectivity index (χ3n) is 3.20. The van der Waals surface area contributed by atoms with Crippen molar-refractivity contribution in [3.63, 3.8) is 0 Å². The van der Waals surface area contributed by atoms with E-state index in [1.807, 2.05) is 39.8 Å². The van der Waals surface area contributed by atoms with Gasteiger partial charge in [-0.05, 0) is 33.8 Å². The number of ether oxygens (including phenoxy) is 5. The van der Waals surface area contributed by atoms with Crippen LogP contribution in [0.5, 0.6) is 0 Å². The lowest BCUT2D eigenvalue weighted by Gasteiger charge is -2.14. The Morgan fingerprint density at radius 2 is 1.27 bits per heavy atom. The number of carbonyl (C=O) groups is 1. The summed E-state index contributed by atoms with van der Waals surface area (Å²) in [5.41, 5.74) is 0.444. The summed E-state index contributed by atoms with van der Waals surface area (Å²) in [5.74, 6) is -0.401. The zero-order valence-electron chi connectivity index (χ0n) is 16.7. The van der Waals surface area contributed by atoms with Crippen molar-refractivity contribution < 1.29 is 28.5 Å². The van der Waals surface area contributed by atoms with Crippen LogP contribution in [0.1, 0.15) is 40.5 Å². The summed E-state index contributed by atoms with van der Waals surface area (Å²) in [6.45, 7) is 10.00. The molecule has 6 nitrogen and oxygen atoms in total. The van der Waals surface area contributed by atoms with Gasteiger partial charge in [0.25, 0.3) is 0 Å². The maximum Gasteiger partial charge on any atom is 0.337 e. The van der Waals surface area contributed by atoms with Crippen LogP contribution in [0.3, 0.4) is 0 Å². The maximum atomic E-state index is 11.9. The van der Waals surface area contributed by atoms with Crippen LogP contribution in [0.25, 0.3) is 0 Å². The van der Waals surface area contributed by atoms with E-state index in [4.69, 9.17) is 23.7 Å². The SMILES string of the molecule is CCOC(C/C=C/C=C(/C=C/CC(OCC)OCC)C(=O)OC)OCC. The van der Waals surface area contributed by atoms with Crippen LogP contribution in [0.15, 0.2) is 36.0 Å². The van der Waals surface area contributed by atoms with Crippen molar-refractivity contribution in [2.75, 3.05) is 33.5 Å². The first kappa shape index (κ1) is 24.5. The van der Waals surface area contributed by atoms with Crippen molar-refractivity contribution >= 4 is 5.97 Å². The highest BCUT2D eigenvalue weighted by Gasteiger charge is 2.08. The minimum Gasteiger partial charge on any atom is -0.465 e. The van der Waals surface area contributed by atoms with Gasteiger partial charge in [0.15, 0.2) is 12.6 Å². The van der Waals surface area contributed by atoms with Crippen molar-refractivity contribution in [3.8, 4) is 0 Å². The smallest absolute Gasteiger partial charge is 0.337 e. The normalized spacial score (nSPS) is 12.8. The van der Waals surface area contributed by atoms with Gasteiger partial charge in [-0.1, -0.05) is 24.3 Å². The highest BCUT2D eigenvalue weighted by atomic mass is 16.7. The molecular formula is C20H34O6. The van der Waals surface area contributed by atoms with Crippen LogP contribution in [-0.4, -0.2) is 52.1 Å². The molecule has 0 N–H and O–H groups in total. The number of carbonyl (C=O) groups excluding carboxylic acids is 1. The molecule has 26 heavy (non-hydrogen) atoms. The molecule has 150 valence electrons. The molecule has 0 fully saturated rings. The van der Waals surface area contributed by atoms with Gasteiger partial charge >= 0.3 is 5.97 Å². The van der Waals surface area contributed by atoms with Crippen LogP contribution in [0.2, 0.25) is 0 Å². The number of hydrogen-bond acceptors (Lipinski definition) is 6. The fourth-order valence-electron chi connectivity index (χ4n) is 2.09. The summed E-state index contributed by atoms with van der Waals surface area (Å²) in [7, 11) is 1.36. The summed E-state index contributed by atoms with van der Waals surface area (Å²) >= 11 is 0. The lowest BCUT2D eigenvalue weighted by atomic mass is 10.2. The summed E-state index contributed by atoms with van der Waals surface area (Å²) in [6.07, 6.45) is 9.52. The van der Waals surface area contributed by atoms with E-state index < -0.39 is 5.97 Å². The zero-order valence-corrected chi connectivity index (χ0v) is 16.7. The second-order valence-corrected chi connectivity index (χ2v) is 5.10. The van der Waals surface area contributed by atoms with E-state index in [9.17, 15) is 4.79 Å². The number of esters is 1. The topological polar surface area (TPSA) is 63.2 Å². The molecule has 0 saturated carbocycles. The quantitative estimate of drug-likeness (QED) is 0.189. The molecule has 0 spiro atoms. The average Bonchev–Trinajstić information content (AvgIpc) is 2.63. The molecule has 0 saturated heterocycles. The highest BCUT2D eigenvalue weighted by molar-refractivity contribution is 5.91. The molecule has 0 aliphatic heterocycles. The average molecular weight is 370 g/mol. The lowest BCUT2D eigenvalue weighted by Crippen LogP contribution is -2.16. The molecule has 0 radical (unpaired) electrons. The second-order valence-electron chi connectivity index (χ2n) is 5.10. The molecule has 0 heterocycles. The van der Waals surface area contributed by atoms with Crippen molar-refractivity contribution in [2.24, 2.45) is 0 Å². The third kappa shape index (κ3) is 12.0. The number of allylic oxidation sites excluding steroid dienone is 2. The maximum absolute atomic E-state index is 11.9. The van der Waals surface area contributed by atoms with Gasteiger partial charge in [-0.25, -0.2) is 4.79 Å². The largest absolute Gasteiger partial charge is 0.465 e. The fourth-order valence-corrected chi connectivity index (χ4v) is 2.09. The van der Waals surface area contributed by atoms with Crippen LogP contribution >= 0.6 is 0 Å². The van der Waals surface area contributed by atoms with Crippen LogP contribution < -0.4 is 0 Å². The van der Waals surface area contributed by atoms with E-state index in [1.165, 1.54) is 7.11 Å². The summed E-state index contributed by atoms with van der Waals surface area (Å²) in [4.78, 5) is 11.9. The van der Waals surface area contributed by atoms with Gasteiger partial charge in [0.1, 0.15) is 0 Å². The standard InChI is InChI=1S/C20H34O6/c1-6-23-18(24-7-2)15-11-10-13-17(20(21)22-5)14-12-16-19(25-8-3)26-9-4/h10-14,18-19H,6-9,15-16H2,1-5H3/b11-10+,14-12+,17-13-. The minimum atomic E-state index is -0.401. The molecule has 0 aliphatic rings. The molecule has 0 aromatic rings. The van der Waals surface area contributed by atoms with Crippen molar-refractivity contribution in [2.45, 2.75) is 53.1 Å². The van der Waals surface area contributed by atoms with E-state index in [-0.39, 0.29) is 12.6 Å². The first-order chi connectivity index (χ1) is 12.6. The Bertz CT molecular complexity index is 430. The molecular weight excluding hydrogens is 336 g/mol. The molecule has 0 aromatic carbocycles. The molecule has 0 amide bonds. The van der Waals surface area contributed by atoms with E-state index in [1.54, 1.807) is 18.2 Å². The Labute approximate surface area is 157 Å². The Balaban J connectivity index is 4.80. The van der Waals surface area contributed by atoms with E-state index in [0.717, 1.165) is 0 Å². The molecule has 6 heteroatoms. The van der Waals surface area contributed by atoms with Crippen LogP contribution in [0.4, 0.5) is 0 Å². The molecule has 0 atom stereocenters. The minimum absolute atomic E-state index is 0.273. The number of methoxy groups -OCH3 is 1. The number of rotatable bonds is 15. The Hall–Kier alpha value is -1.47. The van der Waals surface area contributed by atoms with Crippen molar-refractivity contribution in [1.82, 2.24) is 0 Å². The van der Waals surface area contributed by atoms with E-state index >= 15 is 0 Å². The third-order valence-corrected chi connectivity index (χ3v) is 3.20.